The Morgan fingerprint density at radius 2 is 2.05 bits per heavy atom. The summed E-state index contributed by atoms with van der Waals surface area (Å²) in [4.78, 5) is 12.1. The zero-order valence-electron chi connectivity index (χ0n) is 12.4. The summed E-state index contributed by atoms with van der Waals surface area (Å²) in [6, 6.07) is 4.15. The minimum atomic E-state index is -0.860. The second-order valence-electron chi connectivity index (χ2n) is 5.61. The summed E-state index contributed by atoms with van der Waals surface area (Å²) in [7, 11) is 0. The van der Waals surface area contributed by atoms with Crippen LogP contribution in [0.5, 0.6) is 5.75 Å². The Morgan fingerprint density at radius 3 is 2.67 bits per heavy atom. The number of carbonyl (C=O) groups excluding carboxylic acids is 1. The number of rotatable bonds is 5. The van der Waals surface area contributed by atoms with Gasteiger partial charge < -0.3 is 15.2 Å². The molecule has 2 rings (SSSR count). The minimum absolute atomic E-state index is 0.178. The molecule has 0 spiro atoms. The van der Waals surface area contributed by atoms with Gasteiger partial charge in [-0.1, -0.05) is 12.8 Å². The third-order valence-corrected chi connectivity index (χ3v) is 3.80. The van der Waals surface area contributed by atoms with Crippen LogP contribution in [0, 0.1) is 5.82 Å². The Labute approximate surface area is 124 Å². The molecule has 116 valence electrons. The van der Waals surface area contributed by atoms with Crippen molar-refractivity contribution in [2.75, 3.05) is 0 Å². The summed E-state index contributed by atoms with van der Waals surface area (Å²) in [6.45, 7) is 3.18. The first-order valence-corrected chi connectivity index (χ1v) is 7.42. The molecule has 5 heteroatoms. The first-order chi connectivity index (χ1) is 9.97. The fraction of sp³-hybridized carbons (Fsp3) is 0.562. The fourth-order valence-electron chi connectivity index (χ4n) is 2.59. The van der Waals surface area contributed by atoms with Gasteiger partial charge in [0.15, 0.2) is 6.10 Å². The van der Waals surface area contributed by atoms with Gasteiger partial charge in [-0.25, -0.2) is 4.39 Å². The van der Waals surface area contributed by atoms with Crippen molar-refractivity contribution in [2.24, 2.45) is 0 Å². The molecule has 0 radical (unpaired) electrons. The van der Waals surface area contributed by atoms with Crippen LogP contribution in [0.25, 0.3) is 0 Å². The maximum absolute atomic E-state index is 13.2. The van der Waals surface area contributed by atoms with Gasteiger partial charge in [0.1, 0.15) is 11.6 Å². The van der Waals surface area contributed by atoms with Crippen LogP contribution in [0.1, 0.15) is 51.2 Å². The predicted molar refractivity (Wildman–Crippen MR) is 77.5 cm³/mol. The standard InChI is InChI=1S/C16H22FNO3/c1-10(19)14-9-12(17)7-8-15(14)21-11(2)16(20)18-13-5-3-4-6-13/h7-11,13,19H,3-6H2,1-2H3,(H,18,20)/t10-,11?/m1/s1. The number of amides is 1. The predicted octanol–water partition coefficient (Wildman–Crippen LogP) is 2.71. The maximum atomic E-state index is 13.2. The molecule has 0 aromatic heterocycles. The van der Waals surface area contributed by atoms with Gasteiger partial charge in [0.2, 0.25) is 0 Å². The molecule has 1 fully saturated rings. The van der Waals surface area contributed by atoms with Gasteiger partial charge in [0.05, 0.1) is 6.10 Å². The van der Waals surface area contributed by atoms with Crippen molar-refractivity contribution >= 4 is 5.91 Å². The van der Waals surface area contributed by atoms with E-state index in [9.17, 15) is 14.3 Å². The lowest BCUT2D eigenvalue weighted by molar-refractivity contribution is -0.128. The first-order valence-electron chi connectivity index (χ1n) is 7.42. The molecule has 1 aliphatic rings. The highest BCUT2D eigenvalue weighted by Crippen LogP contribution is 2.27. The van der Waals surface area contributed by atoms with E-state index in [1.807, 2.05) is 0 Å². The van der Waals surface area contributed by atoms with Gasteiger partial charge in [-0.05, 0) is 44.9 Å². The van der Waals surface area contributed by atoms with Gasteiger partial charge in [-0.15, -0.1) is 0 Å². The molecule has 1 unspecified atom stereocenters. The van der Waals surface area contributed by atoms with Crippen molar-refractivity contribution in [2.45, 2.75) is 57.8 Å². The summed E-state index contributed by atoms with van der Waals surface area (Å²) in [6.07, 6.45) is 2.76. The van der Waals surface area contributed by atoms with Gasteiger partial charge in [-0.2, -0.15) is 0 Å². The molecule has 1 saturated carbocycles. The van der Waals surface area contributed by atoms with E-state index in [0.717, 1.165) is 25.7 Å². The monoisotopic (exact) mass is 295 g/mol. The average molecular weight is 295 g/mol. The summed E-state index contributed by atoms with van der Waals surface area (Å²) in [5, 5.41) is 12.6. The van der Waals surface area contributed by atoms with Crippen LogP contribution in [0.15, 0.2) is 18.2 Å². The number of hydrogen-bond donors (Lipinski definition) is 2. The number of nitrogens with one attached hydrogen (secondary N) is 1. The van der Waals surface area contributed by atoms with Crippen molar-refractivity contribution < 1.29 is 19.0 Å². The number of hydrogen-bond acceptors (Lipinski definition) is 3. The van der Waals surface area contributed by atoms with Crippen molar-refractivity contribution in [1.82, 2.24) is 5.32 Å². The van der Waals surface area contributed by atoms with Crippen molar-refractivity contribution in [3.8, 4) is 5.75 Å². The lowest BCUT2D eigenvalue weighted by atomic mass is 10.1. The zero-order valence-corrected chi connectivity index (χ0v) is 12.4. The molecular weight excluding hydrogens is 273 g/mol. The van der Waals surface area contributed by atoms with Crippen LogP contribution >= 0.6 is 0 Å². The van der Waals surface area contributed by atoms with E-state index in [1.165, 1.54) is 25.1 Å². The van der Waals surface area contributed by atoms with Crippen molar-refractivity contribution in [3.63, 3.8) is 0 Å². The highest BCUT2D eigenvalue weighted by atomic mass is 19.1. The molecule has 1 aliphatic carbocycles. The van der Waals surface area contributed by atoms with Gasteiger partial charge >= 0.3 is 0 Å². The normalized spacial score (nSPS) is 18.3. The molecular formula is C16H22FNO3. The fourth-order valence-corrected chi connectivity index (χ4v) is 2.59. The highest BCUT2D eigenvalue weighted by molar-refractivity contribution is 5.81. The third-order valence-electron chi connectivity index (χ3n) is 3.80. The quantitative estimate of drug-likeness (QED) is 0.878. The minimum Gasteiger partial charge on any atom is -0.481 e. The van der Waals surface area contributed by atoms with Crippen molar-refractivity contribution in [1.29, 1.82) is 0 Å². The molecule has 1 aromatic rings. The van der Waals surface area contributed by atoms with Crippen LogP contribution in [-0.2, 0) is 4.79 Å². The van der Waals surface area contributed by atoms with Gasteiger partial charge in [0, 0.05) is 11.6 Å². The Hall–Kier alpha value is -1.62. The maximum Gasteiger partial charge on any atom is 0.260 e. The summed E-state index contributed by atoms with van der Waals surface area (Å²) < 4.78 is 18.8. The van der Waals surface area contributed by atoms with E-state index in [-0.39, 0.29) is 11.9 Å². The number of carbonyl (C=O) groups is 1. The number of halogens is 1. The Kier molecular flexibility index (Phi) is 5.17. The average Bonchev–Trinajstić information content (AvgIpc) is 2.93. The molecule has 4 nitrogen and oxygen atoms in total. The Morgan fingerprint density at radius 1 is 1.38 bits per heavy atom. The third kappa shape index (κ3) is 4.17. The topological polar surface area (TPSA) is 58.6 Å². The molecule has 1 amide bonds. The number of ether oxygens (including phenoxy) is 1. The summed E-state index contributed by atoms with van der Waals surface area (Å²) >= 11 is 0. The van der Waals surface area contributed by atoms with Crippen molar-refractivity contribution in [3.05, 3.63) is 29.6 Å². The highest BCUT2D eigenvalue weighted by Gasteiger charge is 2.22. The number of aliphatic hydroxyl groups excluding tert-OH is 1. The first kappa shape index (κ1) is 15.8. The second kappa shape index (κ2) is 6.89. The molecule has 2 atom stereocenters. The van der Waals surface area contributed by atoms with E-state index >= 15 is 0 Å². The molecule has 0 heterocycles. The smallest absolute Gasteiger partial charge is 0.260 e. The second-order valence-corrected chi connectivity index (χ2v) is 5.61. The zero-order chi connectivity index (χ0) is 15.4. The van der Waals surface area contributed by atoms with Gasteiger partial charge in [-0.3, -0.25) is 4.79 Å². The van der Waals surface area contributed by atoms with Crippen LogP contribution in [0.3, 0.4) is 0 Å². The number of aliphatic hydroxyl groups is 1. The van der Waals surface area contributed by atoms with Crippen LogP contribution in [-0.4, -0.2) is 23.2 Å². The van der Waals surface area contributed by atoms with E-state index in [4.69, 9.17) is 4.74 Å². The lowest BCUT2D eigenvalue weighted by Gasteiger charge is -2.20. The van der Waals surface area contributed by atoms with Gasteiger partial charge in [0.25, 0.3) is 5.91 Å². The van der Waals surface area contributed by atoms with Crippen LogP contribution in [0.2, 0.25) is 0 Å². The number of benzene rings is 1. The van der Waals surface area contributed by atoms with E-state index < -0.39 is 18.0 Å². The largest absolute Gasteiger partial charge is 0.481 e. The Bertz CT molecular complexity index is 498. The summed E-state index contributed by atoms with van der Waals surface area (Å²) in [5.74, 6) is -0.287. The molecule has 21 heavy (non-hydrogen) atoms. The van der Waals surface area contributed by atoms with E-state index in [1.54, 1.807) is 6.92 Å². The van der Waals surface area contributed by atoms with Crippen LogP contribution < -0.4 is 10.1 Å². The molecule has 0 aliphatic heterocycles. The Balaban J connectivity index is 2.01. The molecule has 2 N–H and O–H groups in total. The SMILES string of the molecule is CC(Oc1ccc(F)cc1[C@@H](C)O)C(=O)NC1CCCC1. The molecule has 0 saturated heterocycles. The van der Waals surface area contributed by atoms with Crippen LogP contribution in [0.4, 0.5) is 4.39 Å². The molecule has 1 aromatic carbocycles. The lowest BCUT2D eigenvalue weighted by Crippen LogP contribution is -2.41. The van der Waals surface area contributed by atoms with E-state index in [2.05, 4.69) is 5.32 Å². The summed E-state index contributed by atoms with van der Waals surface area (Å²) in [5.41, 5.74) is 0.343. The molecule has 0 bridgehead atoms. The van der Waals surface area contributed by atoms with E-state index in [0.29, 0.717) is 11.3 Å².